The monoisotopic (exact) mass is 288 g/mol. The Morgan fingerprint density at radius 1 is 1.10 bits per heavy atom. The molecule has 0 aromatic heterocycles. The first-order valence-corrected chi connectivity index (χ1v) is 8.26. The molecule has 1 aromatic carbocycles. The van der Waals surface area contributed by atoms with Gasteiger partial charge in [-0.2, -0.15) is 0 Å². The smallest absolute Gasteiger partial charge is 0.161 e. The molecule has 114 valence electrons. The lowest BCUT2D eigenvalue weighted by Gasteiger charge is -2.34. The summed E-state index contributed by atoms with van der Waals surface area (Å²) in [5, 5.41) is 3.73. The summed E-state index contributed by atoms with van der Waals surface area (Å²) in [7, 11) is 0. The van der Waals surface area contributed by atoms with Crippen molar-refractivity contribution < 1.29 is 9.47 Å². The van der Waals surface area contributed by atoms with Gasteiger partial charge in [0.05, 0.1) is 0 Å². The average molecular weight is 288 g/mol. The van der Waals surface area contributed by atoms with Crippen LogP contribution < -0.4 is 14.8 Å². The molecule has 1 N–H and O–H groups in total. The van der Waals surface area contributed by atoms with Gasteiger partial charge in [-0.25, -0.2) is 0 Å². The van der Waals surface area contributed by atoms with Crippen molar-refractivity contribution in [2.75, 3.05) is 26.2 Å². The van der Waals surface area contributed by atoms with Crippen LogP contribution in [0.25, 0.3) is 0 Å². The van der Waals surface area contributed by atoms with Gasteiger partial charge in [-0.3, -0.25) is 4.90 Å². The molecule has 2 fully saturated rings. The van der Waals surface area contributed by atoms with Gasteiger partial charge in [0.1, 0.15) is 12.7 Å². The van der Waals surface area contributed by atoms with Crippen molar-refractivity contribution >= 4 is 0 Å². The molecule has 3 unspecified atom stereocenters. The highest BCUT2D eigenvalue weighted by Crippen LogP contribution is 2.31. The van der Waals surface area contributed by atoms with Crippen molar-refractivity contribution in [2.45, 2.75) is 43.9 Å². The molecule has 3 aliphatic rings. The fraction of sp³-hybridized carbons (Fsp3) is 0.647. The molecule has 0 saturated carbocycles. The van der Waals surface area contributed by atoms with Crippen LogP contribution in [0.1, 0.15) is 25.7 Å². The minimum absolute atomic E-state index is 0.123. The van der Waals surface area contributed by atoms with Gasteiger partial charge in [-0.15, -0.1) is 0 Å². The Labute approximate surface area is 126 Å². The zero-order valence-corrected chi connectivity index (χ0v) is 12.5. The molecular weight excluding hydrogens is 264 g/mol. The van der Waals surface area contributed by atoms with Gasteiger partial charge >= 0.3 is 0 Å². The van der Waals surface area contributed by atoms with Gasteiger partial charge in [0, 0.05) is 25.2 Å². The van der Waals surface area contributed by atoms with Gasteiger partial charge in [0.25, 0.3) is 0 Å². The van der Waals surface area contributed by atoms with E-state index in [1.54, 1.807) is 0 Å². The van der Waals surface area contributed by atoms with Gasteiger partial charge in [0.2, 0.25) is 0 Å². The van der Waals surface area contributed by atoms with Crippen molar-refractivity contribution in [3.05, 3.63) is 24.3 Å². The molecule has 3 atom stereocenters. The lowest BCUT2D eigenvalue weighted by atomic mass is 9.99. The Bertz CT molecular complexity index is 493. The molecule has 3 aliphatic heterocycles. The molecule has 2 saturated heterocycles. The molecule has 4 heteroatoms. The number of piperidine rings is 1. The predicted octanol–water partition coefficient (Wildman–Crippen LogP) is 2.04. The normalized spacial score (nSPS) is 31.9. The third kappa shape index (κ3) is 2.74. The maximum absolute atomic E-state index is 6.03. The summed E-state index contributed by atoms with van der Waals surface area (Å²) in [5.74, 6) is 1.74. The first kappa shape index (κ1) is 13.4. The molecule has 0 spiro atoms. The number of fused-ring (bicyclic) bond motifs is 2. The number of hydrogen-bond donors (Lipinski definition) is 1. The maximum Gasteiger partial charge on any atom is 0.161 e. The second-order valence-corrected chi connectivity index (χ2v) is 6.40. The van der Waals surface area contributed by atoms with Crippen molar-refractivity contribution in [3.8, 4) is 11.5 Å². The van der Waals surface area contributed by atoms with Gasteiger partial charge in [-0.05, 0) is 37.9 Å². The van der Waals surface area contributed by atoms with E-state index < -0.39 is 0 Å². The Kier molecular flexibility index (Phi) is 3.74. The summed E-state index contributed by atoms with van der Waals surface area (Å²) in [5.41, 5.74) is 0. The molecule has 1 aromatic rings. The van der Waals surface area contributed by atoms with E-state index in [4.69, 9.17) is 9.47 Å². The molecule has 4 nitrogen and oxygen atoms in total. The van der Waals surface area contributed by atoms with Crippen LogP contribution in [-0.2, 0) is 0 Å². The highest BCUT2D eigenvalue weighted by Gasteiger charge is 2.35. The Hall–Kier alpha value is -1.26. The molecule has 0 aliphatic carbocycles. The van der Waals surface area contributed by atoms with Crippen LogP contribution in [0.5, 0.6) is 11.5 Å². The van der Waals surface area contributed by atoms with E-state index in [2.05, 4.69) is 10.2 Å². The van der Waals surface area contributed by atoms with Gasteiger partial charge in [-0.1, -0.05) is 18.6 Å². The predicted molar refractivity (Wildman–Crippen MR) is 82.0 cm³/mol. The summed E-state index contributed by atoms with van der Waals surface area (Å²) in [4.78, 5) is 2.66. The van der Waals surface area contributed by atoms with E-state index in [0.29, 0.717) is 12.6 Å². The summed E-state index contributed by atoms with van der Waals surface area (Å²) < 4.78 is 11.8. The third-order valence-electron chi connectivity index (χ3n) is 5.03. The molecule has 0 radical (unpaired) electrons. The van der Waals surface area contributed by atoms with Crippen LogP contribution >= 0.6 is 0 Å². The van der Waals surface area contributed by atoms with Crippen molar-refractivity contribution in [1.82, 2.24) is 10.2 Å². The number of hydrogen-bond acceptors (Lipinski definition) is 4. The lowest BCUT2D eigenvalue weighted by molar-refractivity contribution is 0.0853. The van der Waals surface area contributed by atoms with Crippen molar-refractivity contribution in [1.29, 1.82) is 0 Å². The van der Waals surface area contributed by atoms with Crippen LogP contribution in [0.4, 0.5) is 0 Å². The second-order valence-electron chi connectivity index (χ2n) is 6.40. The van der Waals surface area contributed by atoms with E-state index in [-0.39, 0.29) is 6.10 Å². The van der Waals surface area contributed by atoms with E-state index >= 15 is 0 Å². The lowest BCUT2D eigenvalue weighted by Crippen LogP contribution is -2.48. The molecule has 21 heavy (non-hydrogen) atoms. The third-order valence-corrected chi connectivity index (χ3v) is 5.03. The van der Waals surface area contributed by atoms with Crippen LogP contribution in [0.15, 0.2) is 24.3 Å². The second kappa shape index (κ2) is 5.85. The number of rotatable bonds is 3. The average Bonchev–Trinajstić information content (AvgIpc) is 2.96. The number of nitrogens with zero attached hydrogens (tertiary/aromatic N) is 1. The minimum atomic E-state index is 0.123. The Morgan fingerprint density at radius 3 is 2.95 bits per heavy atom. The van der Waals surface area contributed by atoms with E-state index in [1.807, 2.05) is 24.3 Å². The zero-order valence-electron chi connectivity index (χ0n) is 12.5. The van der Waals surface area contributed by atoms with Gasteiger partial charge < -0.3 is 14.8 Å². The largest absolute Gasteiger partial charge is 0.486 e. The standard InChI is InChI=1S/C17H24N2O2/c1-2-7-17-16(6-1)20-12-13(21-17)11-18-14-8-10-19-9-4-3-5-15(14)19/h1-2,6-7,13-15,18H,3-5,8-12H2. The Balaban J connectivity index is 1.32. The van der Waals surface area contributed by atoms with E-state index in [1.165, 1.54) is 38.8 Å². The van der Waals surface area contributed by atoms with Crippen molar-refractivity contribution in [3.63, 3.8) is 0 Å². The first-order valence-electron chi connectivity index (χ1n) is 8.26. The number of benzene rings is 1. The quantitative estimate of drug-likeness (QED) is 0.923. The van der Waals surface area contributed by atoms with Crippen LogP contribution in [0.2, 0.25) is 0 Å². The summed E-state index contributed by atoms with van der Waals surface area (Å²) in [6.07, 6.45) is 5.50. The molecule has 3 heterocycles. The summed E-state index contributed by atoms with van der Waals surface area (Å²) in [6, 6.07) is 9.31. The molecular formula is C17H24N2O2. The zero-order chi connectivity index (χ0) is 14.1. The first-order chi connectivity index (χ1) is 10.4. The number of ether oxygens (including phenoxy) is 2. The van der Waals surface area contributed by atoms with Crippen LogP contribution in [0.3, 0.4) is 0 Å². The minimum Gasteiger partial charge on any atom is -0.486 e. The van der Waals surface area contributed by atoms with Crippen LogP contribution in [0, 0.1) is 0 Å². The molecule has 0 amide bonds. The van der Waals surface area contributed by atoms with E-state index in [0.717, 1.165) is 24.1 Å². The highest BCUT2D eigenvalue weighted by molar-refractivity contribution is 5.40. The molecule has 4 rings (SSSR count). The van der Waals surface area contributed by atoms with Crippen LogP contribution in [-0.4, -0.2) is 49.3 Å². The number of para-hydroxylation sites is 2. The Morgan fingerprint density at radius 2 is 2.00 bits per heavy atom. The summed E-state index contributed by atoms with van der Waals surface area (Å²) in [6.45, 7) is 4.07. The fourth-order valence-electron chi connectivity index (χ4n) is 3.93. The maximum atomic E-state index is 6.03. The SMILES string of the molecule is c1ccc2c(c1)OCC(CNC1CCN3CCCCC13)O2. The fourth-order valence-corrected chi connectivity index (χ4v) is 3.93. The topological polar surface area (TPSA) is 33.7 Å². The van der Waals surface area contributed by atoms with Crippen molar-refractivity contribution in [2.24, 2.45) is 0 Å². The number of nitrogens with one attached hydrogen (secondary N) is 1. The van der Waals surface area contributed by atoms with Gasteiger partial charge in [0.15, 0.2) is 11.5 Å². The van der Waals surface area contributed by atoms with E-state index in [9.17, 15) is 0 Å². The molecule has 0 bridgehead atoms. The highest BCUT2D eigenvalue weighted by atomic mass is 16.6. The summed E-state index contributed by atoms with van der Waals surface area (Å²) >= 11 is 0.